The summed E-state index contributed by atoms with van der Waals surface area (Å²) in [7, 11) is 0. The molecule has 1 N–H and O–H groups in total. The van der Waals surface area contributed by atoms with Crippen LogP contribution in [0.4, 0.5) is 0 Å². The lowest BCUT2D eigenvalue weighted by atomic mass is 10.1. The van der Waals surface area contributed by atoms with Gasteiger partial charge in [-0.25, -0.2) is 0 Å². The third-order valence-electron chi connectivity index (χ3n) is 4.48. The van der Waals surface area contributed by atoms with E-state index in [2.05, 4.69) is 60.9 Å². The third-order valence-corrected chi connectivity index (χ3v) is 5.77. The Morgan fingerprint density at radius 2 is 2.29 bits per heavy atom. The van der Waals surface area contributed by atoms with Crippen molar-refractivity contribution in [2.75, 3.05) is 38.5 Å². The Morgan fingerprint density at radius 1 is 1.42 bits per heavy atom. The van der Waals surface area contributed by atoms with Gasteiger partial charge in [-0.15, -0.1) is 0 Å². The summed E-state index contributed by atoms with van der Waals surface area (Å²) in [6.07, 6.45) is 2.02. The fourth-order valence-corrected chi connectivity index (χ4v) is 4.42. The van der Waals surface area contributed by atoms with E-state index >= 15 is 0 Å². The van der Waals surface area contributed by atoms with Crippen LogP contribution < -0.4 is 10.1 Å². The molecular formula is C19H29N3OS. The maximum atomic E-state index is 5.58. The van der Waals surface area contributed by atoms with Crippen molar-refractivity contribution < 1.29 is 4.74 Å². The van der Waals surface area contributed by atoms with Gasteiger partial charge < -0.3 is 15.0 Å². The molecular weight excluding hydrogens is 318 g/mol. The lowest BCUT2D eigenvalue weighted by Gasteiger charge is -2.39. The van der Waals surface area contributed by atoms with Crippen LogP contribution in [-0.2, 0) is 12.8 Å². The largest absolute Gasteiger partial charge is 0.493 e. The van der Waals surface area contributed by atoms with Crippen LogP contribution in [0.1, 0.15) is 31.9 Å². The lowest BCUT2D eigenvalue weighted by molar-refractivity contribution is 0.357. The smallest absolute Gasteiger partial charge is 0.193 e. The molecule has 4 nitrogen and oxygen atoms in total. The predicted molar refractivity (Wildman–Crippen MR) is 103 cm³/mol. The summed E-state index contributed by atoms with van der Waals surface area (Å²) < 4.78 is 5.88. The maximum Gasteiger partial charge on any atom is 0.193 e. The van der Waals surface area contributed by atoms with E-state index in [1.807, 2.05) is 0 Å². The van der Waals surface area contributed by atoms with Gasteiger partial charge in [-0.2, -0.15) is 11.8 Å². The number of nitrogens with zero attached hydrogens (tertiary/aromatic N) is 2. The molecule has 2 aliphatic heterocycles. The highest BCUT2D eigenvalue weighted by molar-refractivity contribution is 8.00. The first-order valence-electron chi connectivity index (χ1n) is 8.99. The molecule has 1 fully saturated rings. The number of hydrogen-bond acceptors (Lipinski definition) is 3. The number of fused-ring (bicyclic) bond motifs is 1. The minimum Gasteiger partial charge on any atom is -0.493 e. The Kier molecular flexibility index (Phi) is 5.59. The van der Waals surface area contributed by atoms with Gasteiger partial charge in [0.1, 0.15) is 5.75 Å². The second-order valence-electron chi connectivity index (χ2n) is 7.06. The zero-order chi connectivity index (χ0) is 17.0. The highest BCUT2D eigenvalue weighted by Crippen LogP contribution is 2.29. The molecule has 0 atom stereocenters. The van der Waals surface area contributed by atoms with E-state index in [0.29, 0.717) is 4.75 Å². The van der Waals surface area contributed by atoms with E-state index in [9.17, 15) is 0 Å². The van der Waals surface area contributed by atoms with Gasteiger partial charge in [-0.3, -0.25) is 4.99 Å². The van der Waals surface area contributed by atoms with E-state index < -0.39 is 0 Å². The molecule has 3 rings (SSSR count). The molecule has 132 valence electrons. The van der Waals surface area contributed by atoms with Crippen molar-refractivity contribution in [2.24, 2.45) is 4.99 Å². The first kappa shape index (κ1) is 17.5. The number of hydrogen-bond donors (Lipinski definition) is 1. The summed E-state index contributed by atoms with van der Waals surface area (Å²) in [6, 6.07) is 6.57. The first-order valence-corrected chi connectivity index (χ1v) is 9.98. The van der Waals surface area contributed by atoms with Crippen LogP contribution in [-0.4, -0.2) is 54.1 Å². The second-order valence-corrected chi connectivity index (χ2v) is 8.86. The minimum atomic E-state index is 0.300. The molecule has 2 aliphatic rings. The molecule has 1 aromatic carbocycles. The number of guanidine groups is 1. The Balaban J connectivity index is 1.61. The molecule has 1 saturated heterocycles. The summed E-state index contributed by atoms with van der Waals surface area (Å²) in [6.45, 7) is 11.5. The van der Waals surface area contributed by atoms with Crippen molar-refractivity contribution >= 4 is 17.7 Å². The molecule has 24 heavy (non-hydrogen) atoms. The lowest BCUT2D eigenvalue weighted by Crippen LogP contribution is -2.51. The predicted octanol–water partition coefficient (Wildman–Crippen LogP) is 2.96. The zero-order valence-electron chi connectivity index (χ0n) is 15.1. The molecule has 0 unspecified atom stereocenters. The van der Waals surface area contributed by atoms with Gasteiger partial charge >= 0.3 is 0 Å². The van der Waals surface area contributed by atoms with Gasteiger partial charge in [0.05, 0.1) is 6.61 Å². The van der Waals surface area contributed by atoms with Crippen molar-refractivity contribution in [2.45, 2.75) is 38.4 Å². The Morgan fingerprint density at radius 3 is 3.08 bits per heavy atom. The SMILES string of the molecule is CCNC(=NCCc1ccc2c(c1)CCO2)N1CCSC(C)(C)C1. The van der Waals surface area contributed by atoms with Crippen LogP contribution >= 0.6 is 11.8 Å². The fraction of sp³-hybridized carbons (Fsp3) is 0.632. The van der Waals surface area contributed by atoms with Crippen molar-refractivity contribution in [1.82, 2.24) is 10.2 Å². The number of benzene rings is 1. The van der Waals surface area contributed by atoms with Crippen LogP contribution in [0.2, 0.25) is 0 Å². The zero-order valence-corrected chi connectivity index (χ0v) is 15.9. The van der Waals surface area contributed by atoms with Crippen LogP contribution in [0, 0.1) is 0 Å². The van der Waals surface area contributed by atoms with Gasteiger partial charge in [0.2, 0.25) is 0 Å². The average Bonchev–Trinajstić information content (AvgIpc) is 3.01. The highest BCUT2D eigenvalue weighted by atomic mass is 32.2. The summed E-state index contributed by atoms with van der Waals surface area (Å²) in [5, 5.41) is 3.46. The van der Waals surface area contributed by atoms with Crippen molar-refractivity contribution in [1.29, 1.82) is 0 Å². The van der Waals surface area contributed by atoms with E-state index in [-0.39, 0.29) is 0 Å². The van der Waals surface area contributed by atoms with Crippen molar-refractivity contribution in [3.63, 3.8) is 0 Å². The van der Waals surface area contributed by atoms with Crippen LogP contribution in [0.25, 0.3) is 0 Å². The van der Waals surface area contributed by atoms with Crippen LogP contribution in [0.3, 0.4) is 0 Å². The van der Waals surface area contributed by atoms with Gasteiger partial charge in [-0.05, 0) is 44.4 Å². The summed E-state index contributed by atoms with van der Waals surface area (Å²) in [5.41, 5.74) is 2.70. The summed E-state index contributed by atoms with van der Waals surface area (Å²) in [5.74, 6) is 3.29. The summed E-state index contributed by atoms with van der Waals surface area (Å²) >= 11 is 2.06. The van der Waals surface area contributed by atoms with Crippen molar-refractivity contribution in [3.8, 4) is 5.75 Å². The van der Waals surface area contributed by atoms with Gasteiger partial charge in [0.25, 0.3) is 0 Å². The number of rotatable bonds is 4. The number of aliphatic imine (C=N–C) groups is 1. The van der Waals surface area contributed by atoms with E-state index in [1.54, 1.807) is 0 Å². The molecule has 2 heterocycles. The summed E-state index contributed by atoms with van der Waals surface area (Å²) in [4.78, 5) is 7.30. The third kappa shape index (κ3) is 4.38. The number of nitrogens with one attached hydrogen (secondary N) is 1. The monoisotopic (exact) mass is 347 g/mol. The topological polar surface area (TPSA) is 36.9 Å². The quantitative estimate of drug-likeness (QED) is 0.671. The molecule has 0 aliphatic carbocycles. The Labute approximate surface area is 150 Å². The van der Waals surface area contributed by atoms with E-state index in [4.69, 9.17) is 9.73 Å². The molecule has 5 heteroatoms. The molecule has 0 spiro atoms. The number of ether oxygens (including phenoxy) is 1. The molecule has 0 radical (unpaired) electrons. The Hall–Kier alpha value is -1.36. The average molecular weight is 348 g/mol. The second kappa shape index (κ2) is 7.68. The highest BCUT2D eigenvalue weighted by Gasteiger charge is 2.28. The molecule has 0 aromatic heterocycles. The normalized spacial score (nSPS) is 19.8. The van der Waals surface area contributed by atoms with Crippen LogP contribution in [0.5, 0.6) is 5.75 Å². The molecule has 0 saturated carbocycles. The van der Waals surface area contributed by atoms with Crippen molar-refractivity contribution in [3.05, 3.63) is 29.3 Å². The minimum absolute atomic E-state index is 0.300. The standard InChI is InChI=1S/C19H29N3OS/c1-4-20-18(22-10-12-24-19(2,3)14-22)21-9-7-15-5-6-17-16(13-15)8-11-23-17/h5-6,13H,4,7-12,14H2,1-3H3,(H,20,21). The van der Waals surface area contributed by atoms with Gasteiger partial charge in [-0.1, -0.05) is 12.1 Å². The van der Waals surface area contributed by atoms with Gasteiger partial charge in [0.15, 0.2) is 5.96 Å². The first-order chi connectivity index (χ1) is 11.6. The fourth-order valence-electron chi connectivity index (χ4n) is 3.31. The molecule has 1 aromatic rings. The number of thioether (sulfide) groups is 1. The maximum absolute atomic E-state index is 5.58. The Bertz CT molecular complexity index is 600. The van der Waals surface area contributed by atoms with E-state index in [1.165, 1.54) is 16.9 Å². The molecule has 0 amide bonds. The van der Waals surface area contributed by atoms with Gasteiger partial charge in [0, 0.05) is 43.1 Å². The van der Waals surface area contributed by atoms with Crippen LogP contribution in [0.15, 0.2) is 23.2 Å². The van der Waals surface area contributed by atoms with E-state index in [0.717, 1.165) is 57.3 Å². The molecule has 0 bridgehead atoms.